The number of hydrogen-bond donors (Lipinski definition) is 0. The van der Waals surface area contributed by atoms with Crippen LogP contribution in [0.1, 0.15) is 27.1 Å². The van der Waals surface area contributed by atoms with Gasteiger partial charge in [0.05, 0.1) is 4.83 Å². The van der Waals surface area contributed by atoms with Crippen LogP contribution in [0.2, 0.25) is 10.0 Å². The first-order chi connectivity index (χ1) is 8.49. The molecule has 2 rings (SSSR count). The van der Waals surface area contributed by atoms with Gasteiger partial charge in [0.25, 0.3) is 0 Å². The highest BCUT2D eigenvalue weighted by Gasteiger charge is 2.15. The van der Waals surface area contributed by atoms with E-state index in [1.54, 1.807) is 6.07 Å². The lowest BCUT2D eigenvalue weighted by Gasteiger charge is -2.15. The lowest BCUT2D eigenvalue weighted by molar-refractivity contribution is 1.14. The van der Waals surface area contributed by atoms with Crippen LogP contribution in [-0.2, 0) is 0 Å². The standard InChI is InChI=1S/C15H13BrCl2/c1-9-3-5-12(10(2)7-9)15(16)13-6-4-11(17)8-14(13)18/h3-8,15H,1-2H3. The number of alkyl halides is 1. The molecule has 0 N–H and O–H groups in total. The van der Waals surface area contributed by atoms with E-state index in [-0.39, 0.29) is 4.83 Å². The molecule has 0 fully saturated rings. The van der Waals surface area contributed by atoms with Crippen LogP contribution < -0.4 is 0 Å². The zero-order chi connectivity index (χ0) is 13.3. The molecule has 2 aromatic rings. The van der Waals surface area contributed by atoms with Gasteiger partial charge in [-0.05, 0) is 42.7 Å². The summed E-state index contributed by atoms with van der Waals surface area (Å²) >= 11 is 15.9. The molecule has 0 aliphatic rings. The summed E-state index contributed by atoms with van der Waals surface area (Å²) in [5, 5.41) is 1.34. The number of hydrogen-bond acceptors (Lipinski definition) is 0. The second-order valence-electron chi connectivity index (χ2n) is 4.39. The summed E-state index contributed by atoms with van der Waals surface area (Å²) in [5.74, 6) is 0. The third-order valence-corrected chi connectivity index (χ3v) is 4.48. The van der Waals surface area contributed by atoms with Crippen molar-refractivity contribution in [3.8, 4) is 0 Å². The molecule has 18 heavy (non-hydrogen) atoms. The van der Waals surface area contributed by atoms with Crippen molar-refractivity contribution in [2.75, 3.05) is 0 Å². The van der Waals surface area contributed by atoms with E-state index in [0.717, 1.165) is 5.56 Å². The predicted octanol–water partition coefficient (Wildman–Crippen LogP) is 6.09. The average Bonchev–Trinajstić information content (AvgIpc) is 2.28. The average molecular weight is 344 g/mol. The molecule has 0 saturated heterocycles. The van der Waals surface area contributed by atoms with Crippen molar-refractivity contribution in [1.29, 1.82) is 0 Å². The molecular weight excluding hydrogens is 331 g/mol. The molecular formula is C15H13BrCl2. The monoisotopic (exact) mass is 342 g/mol. The molecule has 2 aromatic carbocycles. The minimum Gasteiger partial charge on any atom is -0.0843 e. The molecule has 0 aliphatic heterocycles. The summed E-state index contributed by atoms with van der Waals surface area (Å²) in [5.41, 5.74) is 4.78. The summed E-state index contributed by atoms with van der Waals surface area (Å²) in [6, 6.07) is 12.0. The van der Waals surface area contributed by atoms with Crippen LogP contribution in [0.5, 0.6) is 0 Å². The Bertz CT molecular complexity index is 527. The van der Waals surface area contributed by atoms with Crippen molar-refractivity contribution >= 4 is 39.1 Å². The summed E-state index contributed by atoms with van der Waals surface area (Å²) in [4.78, 5) is 0.0860. The fourth-order valence-electron chi connectivity index (χ4n) is 1.98. The van der Waals surface area contributed by atoms with E-state index in [1.807, 2.05) is 12.1 Å². The van der Waals surface area contributed by atoms with Crippen molar-refractivity contribution in [2.45, 2.75) is 18.7 Å². The van der Waals surface area contributed by atoms with Crippen molar-refractivity contribution in [3.63, 3.8) is 0 Å². The van der Waals surface area contributed by atoms with Gasteiger partial charge in [0.2, 0.25) is 0 Å². The molecule has 3 heteroatoms. The molecule has 94 valence electrons. The Morgan fingerprint density at radius 3 is 2.22 bits per heavy atom. The van der Waals surface area contributed by atoms with Crippen molar-refractivity contribution < 1.29 is 0 Å². The Kier molecular flexibility index (Phi) is 4.37. The van der Waals surface area contributed by atoms with Gasteiger partial charge in [-0.15, -0.1) is 0 Å². The highest BCUT2D eigenvalue weighted by molar-refractivity contribution is 9.09. The van der Waals surface area contributed by atoms with Gasteiger partial charge in [-0.3, -0.25) is 0 Å². The molecule has 0 amide bonds. The highest BCUT2D eigenvalue weighted by atomic mass is 79.9. The molecule has 0 aliphatic carbocycles. The van der Waals surface area contributed by atoms with Crippen LogP contribution in [0.3, 0.4) is 0 Å². The van der Waals surface area contributed by atoms with E-state index in [4.69, 9.17) is 23.2 Å². The van der Waals surface area contributed by atoms with Crippen LogP contribution in [0.4, 0.5) is 0 Å². The largest absolute Gasteiger partial charge is 0.0843 e. The molecule has 0 spiro atoms. The first-order valence-corrected chi connectivity index (χ1v) is 7.32. The van der Waals surface area contributed by atoms with Crippen LogP contribution in [0.25, 0.3) is 0 Å². The number of rotatable bonds is 2. The predicted molar refractivity (Wildman–Crippen MR) is 83.1 cm³/mol. The first kappa shape index (κ1) is 13.9. The van der Waals surface area contributed by atoms with Crippen molar-refractivity contribution in [1.82, 2.24) is 0 Å². The third kappa shape index (κ3) is 2.90. The van der Waals surface area contributed by atoms with Crippen molar-refractivity contribution in [2.24, 2.45) is 0 Å². The molecule has 0 radical (unpaired) electrons. The SMILES string of the molecule is Cc1ccc(C(Br)c2ccc(Cl)cc2Cl)c(C)c1. The van der Waals surface area contributed by atoms with Gasteiger partial charge in [0.15, 0.2) is 0 Å². The smallest absolute Gasteiger partial charge is 0.0661 e. The van der Waals surface area contributed by atoms with E-state index in [0.29, 0.717) is 10.0 Å². The maximum absolute atomic E-state index is 6.24. The Labute approximate surface area is 126 Å². The summed E-state index contributed by atoms with van der Waals surface area (Å²) in [7, 11) is 0. The Balaban J connectivity index is 2.44. The van der Waals surface area contributed by atoms with Crippen LogP contribution >= 0.6 is 39.1 Å². The summed E-state index contributed by atoms with van der Waals surface area (Å²) < 4.78 is 0. The number of halogens is 3. The number of aryl methyl sites for hydroxylation is 2. The van der Waals surface area contributed by atoms with E-state index in [1.165, 1.54) is 16.7 Å². The minimum absolute atomic E-state index is 0.0860. The van der Waals surface area contributed by atoms with Crippen molar-refractivity contribution in [3.05, 3.63) is 68.7 Å². The molecule has 0 heterocycles. The first-order valence-electron chi connectivity index (χ1n) is 5.65. The minimum atomic E-state index is 0.0860. The fraction of sp³-hybridized carbons (Fsp3) is 0.200. The van der Waals surface area contributed by atoms with Gasteiger partial charge in [0.1, 0.15) is 0 Å². The molecule has 0 aromatic heterocycles. The molecule has 0 nitrogen and oxygen atoms in total. The molecule has 1 unspecified atom stereocenters. The lowest BCUT2D eigenvalue weighted by atomic mass is 9.99. The fourth-order valence-corrected chi connectivity index (χ4v) is 3.55. The lowest BCUT2D eigenvalue weighted by Crippen LogP contribution is -1.97. The zero-order valence-corrected chi connectivity index (χ0v) is 13.3. The molecule has 0 bridgehead atoms. The topological polar surface area (TPSA) is 0 Å². The van der Waals surface area contributed by atoms with Gasteiger partial charge in [-0.2, -0.15) is 0 Å². The van der Waals surface area contributed by atoms with Gasteiger partial charge in [0, 0.05) is 10.0 Å². The maximum atomic E-state index is 6.24. The van der Waals surface area contributed by atoms with E-state index < -0.39 is 0 Å². The number of benzene rings is 2. The van der Waals surface area contributed by atoms with Gasteiger partial charge >= 0.3 is 0 Å². The van der Waals surface area contributed by atoms with E-state index in [2.05, 4.69) is 48.0 Å². The van der Waals surface area contributed by atoms with Gasteiger partial charge in [-0.25, -0.2) is 0 Å². The zero-order valence-electron chi connectivity index (χ0n) is 10.2. The Hall–Kier alpha value is -0.500. The van der Waals surface area contributed by atoms with E-state index in [9.17, 15) is 0 Å². The quantitative estimate of drug-likeness (QED) is 0.578. The second-order valence-corrected chi connectivity index (χ2v) is 6.15. The normalized spacial score (nSPS) is 12.5. The maximum Gasteiger partial charge on any atom is 0.0661 e. The molecule has 1 atom stereocenters. The van der Waals surface area contributed by atoms with Crippen LogP contribution in [0, 0.1) is 13.8 Å². The van der Waals surface area contributed by atoms with Gasteiger partial charge in [-0.1, -0.05) is 69.0 Å². The third-order valence-electron chi connectivity index (χ3n) is 2.93. The Morgan fingerprint density at radius 2 is 1.61 bits per heavy atom. The highest BCUT2D eigenvalue weighted by Crippen LogP contribution is 2.37. The summed E-state index contributed by atoms with van der Waals surface area (Å²) in [6.45, 7) is 4.20. The molecule has 0 saturated carbocycles. The van der Waals surface area contributed by atoms with E-state index >= 15 is 0 Å². The van der Waals surface area contributed by atoms with Gasteiger partial charge < -0.3 is 0 Å². The van der Waals surface area contributed by atoms with Crippen LogP contribution in [-0.4, -0.2) is 0 Å². The second kappa shape index (κ2) is 5.64. The summed E-state index contributed by atoms with van der Waals surface area (Å²) in [6.07, 6.45) is 0. The van der Waals surface area contributed by atoms with Crippen LogP contribution in [0.15, 0.2) is 36.4 Å². The Morgan fingerprint density at radius 1 is 0.944 bits per heavy atom.